The quantitative estimate of drug-likeness (QED) is 0.805. The first kappa shape index (κ1) is 18.5. The summed E-state index contributed by atoms with van der Waals surface area (Å²) in [7, 11) is 2.20. The molecule has 140 valence electrons. The fraction of sp³-hybridized carbons (Fsp3) is 0.500. The third-order valence-corrected chi connectivity index (χ3v) is 5.12. The fourth-order valence-corrected chi connectivity index (χ4v) is 3.78. The third-order valence-electron chi connectivity index (χ3n) is 5.12. The van der Waals surface area contributed by atoms with Gasteiger partial charge in [0, 0.05) is 28.8 Å². The zero-order valence-electron chi connectivity index (χ0n) is 15.5. The molecule has 6 nitrogen and oxygen atoms in total. The predicted molar refractivity (Wildman–Crippen MR) is 101 cm³/mol. The molecule has 1 aromatic heterocycles. The largest absolute Gasteiger partial charge is 0.450 e. The van der Waals surface area contributed by atoms with E-state index in [0.29, 0.717) is 23.9 Å². The lowest BCUT2D eigenvalue weighted by Crippen LogP contribution is -3.11. The molecule has 1 aliphatic rings. The standard InChI is InChI=1S/C20H26N2O4/c1-3-25-20(24)21-15-9-10-17-14(11-19(23)26-18(17)12-15)13-22(2)16-7-5-4-6-8-16/h9-12,16H,3-8,13H2,1-2H3,(H,21,24)/p+1. The second kappa shape index (κ2) is 8.36. The molecule has 1 atom stereocenters. The van der Waals surface area contributed by atoms with Gasteiger partial charge >= 0.3 is 11.7 Å². The molecule has 1 heterocycles. The molecular weight excluding hydrogens is 332 g/mol. The number of rotatable bonds is 5. The molecule has 1 unspecified atom stereocenters. The molecule has 1 aromatic carbocycles. The van der Waals surface area contributed by atoms with Crippen LogP contribution in [0.15, 0.2) is 33.5 Å². The van der Waals surface area contributed by atoms with Crippen LogP contribution in [0.3, 0.4) is 0 Å². The van der Waals surface area contributed by atoms with Gasteiger partial charge in [-0.15, -0.1) is 0 Å². The van der Waals surface area contributed by atoms with Crippen LogP contribution in [0.25, 0.3) is 11.0 Å². The fourth-order valence-electron chi connectivity index (χ4n) is 3.78. The highest BCUT2D eigenvalue weighted by atomic mass is 16.5. The number of hydrogen-bond acceptors (Lipinski definition) is 4. The molecule has 3 rings (SSSR count). The van der Waals surface area contributed by atoms with Crippen LogP contribution in [0.4, 0.5) is 10.5 Å². The van der Waals surface area contributed by atoms with Crippen LogP contribution in [0, 0.1) is 0 Å². The summed E-state index contributed by atoms with van der Waals surface area (Å²) in [4.78, 5) is 25.0. The second-order valence-electron chi connectivity index (χ2n) is 7.01. The van der Waals surface area contributed by atoms with Crippen molar-refractivity contribution in [2.24, 2.45) is 0 Å². The number of hydrogen-bond donors (Lipinski definition) is 2. The Morgan fingerprint density at radius 2 is 2.04 bits per heavy atom. The molecule has 0 aliphatic heterocycles. The number of fused-ring (bicyclic) bond motifs is 1. The van der Waals surface area contributed by atoms with E-state index in [9.17, 15) is 9.59 Å². The summed E-state index contributed by atoms with van der Waals surface area (Å²) < 4.78 is 10.2. The Hall–Kier alpha value is -2.34. The SMILES string of the molecule is CCOC(=O)Nc1ccc2c(C[NH+](C)C3CCCCC3)cc(=O)oc2c1. The van der Waals surface area contributed by atoms with Crippen molar-refractivity contribution in [2.75, 3.05) is 19.0 Å². The van der Waals surface area contributed by atoms with Crippen molar-refractivity contribution in [2.45, 2.75) is 51.6 Å². The van der Waals surface area contributed by atoms with E-state index in [-0.39, 0.29) is 5.63 Å². The first-order valence-corrected chi connectivity index (χ1v) is 9.39. The van der Waals surface area contributed by atoms with E-state index in [4.69, 9.17) is 9.15 Å². The summed E-state index contributed by atoms with van der Waals surface area (Å²) in [6, 6.07) is 7.61. The van der Waals surface area contributed by atoms with Crippen molar-refractivity contribution in [1.29, 1.82) is 0 Å². The van der Waals surface area contributed by atoms with Crippen molar-refractivity contribution in [3.63, 3.8) is 0 Å². The van der Waals surface area contributed by atoms with E-state index in [0.717, 1.165) is 17.5 Å². The molecule has 1 aliphatic carbocycles. The Labute approximate surface area is 153 Å². The minimum absolute atomic E-state index is 0.301. The number of nitrogens with one attached hydrogen (secondary N) is 2. The van der Waals surface area contributed by atoms with E-state index in [2.05, 4.69) is 12.4 Å². The Morgan fingerprint density at radius 1 is 1.27 bits per heavy atom. The molecule has 2 N–H and O–H groups in total. The number of benzene rings is 1. The average Bonchev–Trinajstić information content (AvgIpc) is 2.62. The van der Waals surface area contributed by atoms with Crippen LogP contribution in [-0.4, -0.2) is 25.8 Å². The van der Waals surface area contributed by atoms with Gasteiger partial charge in [0.05, 0.1) is 19.7 Å². The Balaban J connectivity index is 1.83. The molecule has 0 bridgehead atoms. The summed E-state index contributed by atoms with van der Waals surface area (Å²) in [5.41, 5.74) is 1.65. The number of ether oxygens (including phenoxy) is 1. The van der Waals surface area contributed by atoms with Gasteiger partial charge in [-0.2, -0.15) is 0 Å². The predicted octanol–water partition coefficient (Wildman–Crippen LogP) is 2.71. The second-order valence-corrected chi connectivity index (χ2v) is 7.01. The maximum Gasteiger partial charge on any atom is 0.411 e. The van der Waals surface area contributed by atoms with Crippen molar-refractivity contribution in [1.82, 2.24) is 0 Å². The number of carbonyl (C=O) groups is 1. The highest BCUT2D eigenvalue weighted by Crippen LogP contribution is 2.22. The van der Waals surface area contributed by atoms with Gasteiger partial charge < -0.3 is 14.1 Å². The summed E-state index contributed by atoms with van der Waals surface area (Å²) in [5.74, 6) is 0. The van der Waals surface area contributed by atoms with Crippen LogP contribution in [0.1, 0.15) is 44.6 Å². The van der Waals surface area contributed by atoms with Crippen molar-refractivity contribution >= 4 is 22.7 Å². The van der Waals surface area contributed by atoms with Crippen LogP contribution in [-0.2, 0) is 11.3 Å². The van der Waals surface area contributed by atoms with Gasteiger partial charge in [0.2, 0.25) is 0 Å². The van der Waals surface area contributed by atoms with Gasteiger partial charge in [-0.25, -0.2) is 9.59 Å². The number of carbonyl (C=O) groups excluding carboxylic acids is 1. The molecule has 0 spiro atoms. The Morgan fingerprint density at radius 3 is 2.77 bits per heavy atom. The summed E-state index contributed by atoms with van der Waals surface area (Å²) >= 11 is 0. The van der Waals surface area contributed by atoms with Gasteiger partial charge in [0.25, 0.3) is 0 Å². The zero-order chi connectivity index (χ0) is 18.5. The number of amides is 1. The molecule has 0 saturated heterocycles. The van der Waals surface area contributed by atoms with E-state index in [1.54, 1.807) is 25.1 Å². The lowest BCUT2D eigenvalue weighted by atomic mass is 9.94. The lowest BCUT2D eigenvalue weighted by Gasteiger charge is -2.28. The molecular formula is C20H27N2O4+. The number of anilines is 1. The molecule has 1 amide bonds. The topological polar surface area (TPSA) is 73.0 Å². The van der Waals surface area contributed by atoms with Gasteiger partial charge in [0.15, 0.2) is 0 Å². The van der Waals surface area contributed by atoms with E-state index >= 15 is 0 Å². The lowest BCUT2D eigenvalue weighted by molar-refractivity contribution is -0.921. The van der Waals surface area contributed by atoms with Crippen LogP contribution in [0.2, 0.25) is 0 Å². The molecule has 2 aromatic rings. The average molecular weight is 359 g/mol. The first-order valence-electron chi connectivity index (χ1n) is 9.39. The van der Waals surface area contributed by atoms with E-state index in [1.165, 1.54) is 37.0 Å². The van der Waals surface area contributed by atoms with Crippen LogP contribution < -0.4 is 15.8 Å². The van der Waals surface area contributed by atoms with Gasteiger partial charge in [-0.05, 0) is 44.7 Å². The van der Waals surface area contributed by atoms with Crippen LogP contribution >= 0.6 is 0 Å². The minimum Gasteiger partial charge on any atom is -0.450 e. The molecule has 1 saturated carbocycles. The monoisotopic (exact) mass is 359 g/mol. The van der Waals surface area contributed by atoms with Crippen molar-refractivity contribution in [3.05, 3.63) is 40.2 Å². The number of quaternary nitrogens is 1. The molecule has 6 heteroatoms. The first-order chi connectivity index (χ1) is 12.6. The summed E-state index contributed by atoms with van der Waals surface area (Å²) in [6.07, 6.45) is 5.90. The van der Waals surface area contributed by atoms with Crippen molar-refractivity contribution in [3.8, 4) is 0 Å². The van der Waals surface area contributed by atoms with E-state index in [1.807, 2.05) is 6.07 Å². The summed E-state index contributed by atoms with van der Waals surface area (Å²) in [6.45, 7) is 2.84. The maximum atomic E-state index is 12.0. The summed E-state index contributed by atoms with van der Waals surface area (Å²) in [5, 5.41) is 3.55. The normalized spacial score (nSPS) is 16.4. The third kappa shape index (κ3) is 4.43. The van der Waals surface area contributed by atoms with Crippen LogP contribution in [0.5, 0.6) is 0 Å². The highest BCUT2D eigenvalue weighted by molar-refractivity contribution is 5.89. The molecule has 1 fully saturated rings. The zero-order valence-corrected chi connectivity index (χ0v) is 15.5. The maximum absolute atomic E-state index is 12.0. The molecule has 26 heavy (non-hydrogen) atoms. The van der Waals surface area contributed by atoms with Crippen molar-refractivity contribution < 1.29 is 18.8 Å². The van der Waals surface area contributed by atoms with E-state index < -0.39 is 6.09 Å². The van der Waals surface area contributed by atoms with Gasteiger partial charge in [-0.3, -0.25) is 5.32 Å². The highest BCUT2D eigenvalue weighted by Gasteiger charge is 2.22. The van der Waals surface area contributed by atoms with Gasteiger partial charge in [-0.1, -0.05) is 6.42 Å². The smallest absolute Gasteiger partial charge is 0.411 e. The Bertz CT molecular complexity index is 824. The van der Waals surface area contributed by atoms with Gasteiger partial charge in [0.1, 0.15) is 12.1 Å². The Kier molecular flexibility index (Phi) is 5.93. The molecule has 0 radical (unpaired) electrons. The minimum atomic E-state index is -0.521.